The molecule has 0 saturated heterocycles. The molecule has 1 heterocycles. The van der Waals surface area contributed by atoms with Crippen LogP contribution in [0.25, 0.3) is 0 Å². The van der Waals surface area contributed by atoms with Crippen LogP contribution in [0.5, 0.6) is 0 Å². The summed E-state index contributed by atoms with van der Waals surface area (Å²) < 4.78 is 38.5. The third kappa shape index (κ3) is 3.57. The van der Waals surface area contributed by atoms with E-state index in [1.807, 2.05) is 0 Å². The lowest BCUT2D eigenvalue weighted by Gasteiger charge is -2.10. The van der Waals surface area contributed by atoms with E-state index in [1.54, 1.807) is 24.3 Å². The van der Waals surface area contributed by atoms with Crippen LogP contribution in [0.2, 0.25) is 0 Å². The smallest absolute Gasteiger partial charge is 0.368 e. The first-order valence-corrected chi connectivity index (χ1v) is 5.88. The minimum atomic E-state index is -4.56. The van der Waals surface area contributed by atoms with Crippen molar-refractivity contribution in [3.05, 3.63) is 40.5 Å². The Balaban J connectivity index is 2.30. The lowest BCUT2D eigenvalue weighted by molar-refractivity contribution is -0.141. The number of alkyl halides is 3. The Morgan fingerprint density at radius 3 is 2.32 bits per heavy atom. The predicted molar refractivity (Wildman–Crippen MR) is 68.9 cm³/mol. The molecule has 0 bridgehead atoms. The Kier molecular flexibility index (Phi) is 3.61. The van der Waals surface area contributed by atoms with Crippen LogP contribution in [0.3, 0.4) is 0 Å². The predicted octanol–water partition coefficient (Wildman–Crippen LogP) is 3.58. The summed E-state index contributed by atoms with van der Waals surface area (Å²) in [5.74, 6) is -0.448. The van der Waals surface area contributed by atoms with Gasteiger partial charge in [0.1, 0.15) is 5.82 Å². The summed E-state index contributed by atoms with van der Waals surface area (Å²) in [6, 6.07) is 7.68. The molecule has 4 nitrogen and oxygen atoms in total. The second-order valence-corrected chi connectivity index (χ2v) is 4.54. The molecule has 0 atom stereocenters. The average Bonchev–Trinajstić information content (AvgIpc) is 2.30. The minimum absolute atomic E-state index is 0.0119. The number of hydrogen-bond acceptors (Lipinski definition) is 4. The number of nitrogen functional groups attached to an aromatic ring is 1. The maximum atomic E-state index is 12.6. The zero-order chi connectivity index (χ0) is 14.0. The summed E-state index contributed by atoms with van der Waals surface area (Å²) in [7, 11) is 0. The highest BCUT2D eigenvalue weighted by Crippen LogP contribution is 2.30. The fourth-order valence-corrected chi connectivity index (χ4v) is 1.62. The van der Waals surface area contributed by atoms with Crippen molar-refractivity contribution in [2.24, 2.45) is 0 Å². The van der Waals surface area contributed by atoms with E-state index >= 15 is 0 Å². The van der Waals surface area contributed by atoms with Gasteiger partial charge in [-0.1, -0.05) is 15.9 Å². The molecule has 2 aromatic rings. The van der Waals surface area contributed by atoms with Crippen LogP contribution in [0.4, 0.5) is 30.6 Å². The van der Waals surface area contributed by atoms with E-state index in [0.717, 1.165) is 10.5 Å². The topological polar surface area (TPSA) is 63.8 Å². The number of nitrogens with zero attached hydrogens (tertiary/aromatic N) is 2. The number of nitrogens with one attached hydrogen (secondary N) is 1. The molecule has 0 saturated carbocycles. The normalized spacial score (nSPS) is 11.4. The zero-order valence-corrected chi connectivity index (χ0v) is 11.0. The molecule has 0 aliphatic carbocycles. The standard InChI is InChI=1S/C11H8BrF3N4/c12-6-1-3-7(4-2-6)17-9-5-8(11(13,14)15)18-10(16)19-9/h1-5H,(H3,16,17,18,19). The first-order valence-electron chi connectivity index (χ1n) is 5.09. The molecular formula is C11H8BrF3N4. The van der Waals surface area contributed by atoms with Crippen LogP contribution >= 0.6 is 15.9 Å². The number of anilines is 3. The Morgan fingerprint density at radius 1 is 1.11 bits per heavy atom. The molecule has 0 amide bonds. The molecule has 8 heteroatoms. The van der Waals surface area contributed by atoms with Gasteiger partial charge in [0.15, 0.2) is 5.69 Å². The van der Waals surface area contributed by atoms with Crippen molar-refractivity contribution in [2.75, 3.05) is 11.1 Å². The monoisotopic (exact) mass is 332 g/mol. The van der Waals surface area contributed by atoms with Crippen molar-refractivity contribution >= 4 is 33.4 Å². The molecule has 0 unspecified atom stereocenters. The second-order valence-electron chi connectivity index (χ2n) is 3.63. The first-order chi connectivity index (χ1) is 8.84. The Bertz CT molecular complexity index is 583. The molecule has 0 radical (unpaired) electrons. The van der Waals surface area contributed by atoms with Crippen molar-refractivity contribution in [1.82, 2.24) is 9.97 Å². The number of hydrogen-bond donors (Lipinski definition) is 2. The molecular weight excluding hydrogens is 325 g/mol. The summed E-state index contributed by atoms with van der Waals surface area (Å²) >= 11 is 3.26. The highest BCUT2D eigenvalue weighted by Gasteiger charge is 2.33. The van der Waals surface area contributed by atoms with E-state index in [2.05, 4.69) is 31.2 Å². The average molecular weight is 333 g/mol. The Morgan fingerprint density at radius 2 is 1.74 bits per heavy atom. The van der Waals surface area contributed by atoms with E-state index in [-0.39, 0.29) is 5.82 Å². The minimum Gasteiger partial charge on any atom is -0.368 e. The lowest BCUT2D eigenvalue weighted by atomic mass is 10.3. The first kappa shape index (κ1) is 13.6. The molecule has 3 N–H and O–H groups in total. The van der Waals surface area contributed by atoms with Crippen LogP contribution in [0.15, 0.2) is 34.8 Å². The van der Waals surface area contributed by atoms with Gasteiger partial charge in [-0.05, 0) is 24.3 Å². The summed E-state index contributed by atoms with van der Waals surface area (Å²) in [5, 5.41) is 2.73. The van der Waals surface area contributed by atoms with E-state index in [0.29, 0.717) is 5.69 Å². The van der Waals surface area contributed by atoms with Gasteiger partial charge in [0, 0.05) is 16.2 Å². The fourth-order valence-electron chi connectivity index (χ4n) is 1.36. The fraction of sp³-hybridized carbons (Fsp3) is 0.0909. The molecule has 1 aromatic carbocycles. The van der Waals surface area contributed by atoms with E-state index in [1.165, 1.54) is 0 Å². The molecule has 0 fully saturated rings. The number of aromatic nitrogens is 2. The molecule has 2 rings (SSSR count). The Hall–Kier alpha value is -1.83. The van der Waals surface area contributed by atoms with Crippen LogP contribution in [-0.4, -0.2) is 9.97 Å². The molecule has 1 aromatic heterocycles. The summed E-state index contributed by atoms with van der Waals surface area (Å²) in [6.07, 6.45) is -4.56. The second kappa shape index (κ2) is 5.04. The van der Waals surface area contributed by atoms with Gasteiger partial charge in [-0.3, -0.25) is 0 Å². The highest BCUT2D eigenvalue weighted by atomic mass is 79.9. The van der Waals surface area contributed by atoms with E-state index < -0.39 is 17.8 Å². The van der Waals surface area contributed by atoms with Crippen LogP contribution in [-0.2, 0) is 6.18 Å². The van der Waals surface area contributed by atoms with Crippen LogP contribution in [0, 0.1) is 0 Å². The third-order valence-electron chi connectivity index (χ3n) is 2.15. The summed E-state index contributed by atoms with van der Waals surface area (Å²) in [4.78, 5) is 6.86. The van der Waals surface area contributed by atoms with Gasteiger partial charge in [-0.2, -0.15) is 18.2 Å². The van der Waals surface area contributed by atoms with Gasteiger partial charge in [-0.15, -0.1) is 0 Å². The third-order valence-corrected chi connectivity index (χ3v) is 2.68. The molecule has 0 aliphatic rings. The van der Waals surface area contributed by atoms with Crippen LogP contribution in [0.1, 0.15) is 5.69 Å². The van der Waals surface area contributed by atoms with Crippen molar-refractivity contribution in [3.8, 4) is 0 Å². The molecule has 19 heavy (non-hydrogen) atoms. The van der Waals surface area contributed by atoms with E-state index in [4.69, 9.17) is 5.73 Å². The van der Waals surface area contributed by atoms with Gasteiger partial charge in [-0.25, -0.2) is 4.98 Å². The van der Waals surface area contributed by atoms with Gasteiger partial charge in [0.25, 0.3) is 0 Å². The largest absolute Gasteiger partial charge is 0.433 e. The summed E-state index contributed by atoms with van der Waals surface area (Å²) in [6.45, 7) is 0. The van der Waals surface area contributed by atoms with Gasteiger partial charge >= 0.3 is 6.18 Å². The van der Waals surface area contributed by atoms with Crippen LogP contribution < -0.4 is 11.1 Å². The maximum absolute atomic E-state index is 12.6. The van der Waals surface area contributed by atoms with Gasteiger partial charge in [0.05, 0.1) is 0 Å². The lowest BCUT2D eigenvalue weighted by Crippen LogP contribution is -2.11. The summed E-state index contributed by atoms with van der Waals surface area (Å²) in [5.41, 5.74) is 4.77. The zero-order valence-electron chi connectivity index (χ0n) is 9.37. The Labute approximate surface area is 115 Å². The van der Waals surface area contributed by atoms with E-state index in [9.17, 15) is 13.2 Å². The van der Waals surface area contributed by atoms with Gasteiger partial charge in [0.2, 0.25) is 5.95 Å². The van der Waals surface area contributed by atoms with Crippen molar-refractivity contribution in [3.63, 3.8) is 0 Å². The number of benzene rings is 1. The SMILES string of the molecule is Nc1nc(Nc2ccc(Br)cc2)cc(C(F)(F)F)n1. The molecule has 0 aliphatic heterocycles. The maximum Gasteiger partial charge on any atom is 0.433 e. The van der Waals surface area contributed by atoms with Crippen molar-refractivity contribution in [1.29, 1.82) is 0 Å². The van der Waals surface area contributed by atoms with Crippen molar-refractivity contribution < 1.29 is 13.2 Å². The number of halogens is 4. The highest BCUT2D eigenvalue weighted by molar-refractivity contribution is 9.10. The quantitative estimate of drug-likeness (QED) is 0.882. The number of rotatable bonds is 2. The number of nitrogens with two attached hydrogens (primary N) is 1. The van der Waals surface area contributed by atoms with Crippen molar-refractivity contribution in [2.45, 2.75) is 6.18 Å². The molecule has 100 valence electrons. The van der Waals surface area contributed by atoms with Gasteiger partial charge < -0.3 is 11.1 Å². The molecule has 0 spiro atoms.